The Morgan fingerprint density at radius 2 is 1.69 bits per heavy atom. The lowest BCUT2D eigenvalue weighted by molar-refractivity contribution is 0.340. The van der Waals surface area contributed by atoms with Gasteiger partial charge in [0.05, 0.1) is 22.7 Å². The number of fused-ring (bicyclic) bond motifs is 1. The molecule has 0 saturated heterocycles. The first kappa shape index (κ1) is 18.5. The number of hydrogen-bond donors (Lipinski definition) is 0. The van der Waals surface area contributed by atoms with E-state index in [9.17, 15) is 8.42 Å². The second-order valence-electron chi connectivity index (χ2n) is 7.18. The number of benzene rings is 2. The van der Waals surface area contributed by atoms with E-state index in [1.807, 2.05) is 58.9 Å². The van der Waals surface area contributed by atoms with Crippen LogP contribution in [0, 0.1) is 6.92 Å². The van der Waals surface area contributed by atoms with Crippen LogP contribution in [0.15, 0.2) is 53.4 Å². The summed E-state index contributed by atoms with van der Waals surface area (Å²) in [6.07, 6.45) is 2.01. The molecule has 1 aliphatic rings. The van der Waals surface area contributed by atoms with Gasteiger partial charge in [0, 0.05) is 5.56 Å². The predicted octanol–water partition coefficient (Wildman–Crippen LogP) is 4.78. The number of rotatable bonds is 4. The maximum absolute atomic E-state index is 13.5. The van der Waals surface area contributed by atoms with Crippen molar-refractivity contribution < 1.29 is 13.2 Å². The molecule has 2 aromatic rings. The first-order valence-electron chi connectivity index (χ1n) is 8.75. The van der Waals surface area contributed by atoms with Gasteiger partial charge in [-0.25, -0.2) is 8.42 Å². The highest BCUT2D eigenvalue weighted by Crippen LogP contribution is 2.42. The van der Waals surface area contributed by atoms with Gasteiger partial charge in [-0.05, 0) is 76.6 Å². The lowest BCUT2D eigenvalue weighted by Gasteiger charge is -2.42. The van der Waals surface area contributed by atoms with Gasteiger partial charge in [-0.3, -0.25) is 4.31 Å². The quantitative estimate of drug-likeness (QED) is 0.777. The molecule has 26 heavy (non-hydrogen) atoms. The molecule has 0 saturated carbocycles. The summed E-state index contributed by atoms with van der Waals surface area (Å²) >= 11 is 0. The highest BCUT2D eigenvalue weighted by Gasteiger charge is 2.40. The molecule has 1 heterocycles. The first-order chi connectivity index (χ1) is 12.2. The van der Waals surface area contributed by atoms with Crippen LogP contribution in [0.2, 0.25) is 0 Å². The zero-order valence-electron chi connectivity index (χ0n) is 15.9. The Balaban J connectivity index is 2.14. The van der Waals surface area contributed by atoms with E-state index in [-0.39, 0.29) is 4.90 Å². The molecule has 3 rings (SSSR count). The van der Waals surface area contributed by atoms with E-state index in [4.69, 9.17) is 4.74 Å². The van der Waals surface area contributed by atoms with Crippen molar-refractivity contribution in [3.63, 3.8) is 0 Å². The van der Waals surface area contributed by atoms with E-state index in [0.717, 1.165) is 22.4 Å². The van der Waals surface area contributed by atoms with Gasteiger partial charge in [-0.2, -0.15) is 0 Å². The molecular formula is C21H25NO3S. The minimum absolute atomic E-state index is 0.258. The van der Waals surface area contributed by atoms with Crippen LogP contribution in [0.1, 0.15) is 38.8 Å². The van der Waals surface area contributed by atoms with E-state index in [1.165, 1.54) is 4.31 Å². The Morgan fingerprint density at radius 3 is 2.31 bits per heavy atom. The molecule has 0 amide bonds. The van der Waals surface area contributed by atoms with Crippen LogP contribution in [0.4, 0.5) is 5.69 Å². The van der Waals surface area contributed by atoms with E-state index in [1.54, 1.807) is 24.3 Å². The van der Waals surface area contributed by atoms with Crippen molar-refractivity contribution in [2.45, 2.75) is 45.1 Å². The molecule has 0 fully saturated rings. The molecule has 0 aliphatic carbocycles. The SMILES string of the molecule is CCOc1ccc(S(=O)(=O)N2c3ccc(C)cc3C(C)=CC2(C)C)cc1. The molecule has 0 unspecified atom stereocenters. The van der Waals surface area contributed by atoms with Crippen LogP contribution < -0.4 is 9.04 Å². The Kier molecular flexibility index (Phi) is 4.61. The zero-order valence-corrected chi connectivity index (χ0v) is 16.7. The average molecular weight is 372 g/mol. The van der Waals surface area contributed by atoms with Gasteiger partial charge in [0.15, 0.2) is 0 Å². The number of sulfonamides is 1. The van der Waals surface area contributed by atoms with E-state index < -0.39 is 15.6 Å². The third-order valence-electron chi connectivity index (χ3n) is 4.56. The largest absolute Gasteiger partial charge is 0.494 e. The molecule has 0 atom stereocenters. The normalized spacial score (nSPS) is 16.0. The molecule has 5 heteroatoms. The monoisotopic (exact) mass is 371 g/mol. The van der Waals surface area contributed by atoms with Gasteiger partial charge in [0.2, 0.25) is 0 Å². The molecule has 0 radical (unpaired) electrons. The zero-order chi connectivity index (χ0) is 19.1. The van der Waals surface area contributed by atoms with Crippen LogP contribution in [-0.2, 0) is 10.0 Å². The minimum atomic E-state index is -3.72. The Labute approximate surface area is 156 Å². The molecule has 4 nitrogen and oxygen atoms in total. The Hall–Kier alpha value is -2.27. The van der Waals surface area contributed by atoms with Crippen LogP contribution in [0.25, 0.3) is 5.57 Å². The molecule has 0 N–H and O–H groups in total. The molecule has 0 aromatic heterocycles. The summed E-state index contributed by atoms with van der Waals surface area (Å²) in [5.74, 6) is 0.663. The molecule has 2 aromatic carbocycles. The van der Waals surface area contributed by atoms with E-state index in [0.29, 0.717) is 12.4 Å². The summed E-state index contributed by atoms with van der Waals surface area (Å²) in [5.41, 5.74) is 3.21. The van der Waals surface area contributed by atoms with Crippen LogP contribution in [-0.4, -0.2) is 20.6 Å². The van der Waals surface area contributed by atoms with Crippen LogP contribution in [0.5, 0.6) is 5.75 Å². The van der Waals surface area contributed by atoms with Crippen molar-refractivity contribution >= 4 is 21.3 Å². The van der Waals surface area contributed by atoms with Crippen LogP contribution >= 0.6 is 0 Å². The van der Waals surface area contributed by atoms with Crippen LogP contribution in [0.3, 0.4) is 0 Å². The third kappa shape index (κ3) is 3.12. The fourth-order valence-corrected chi connectivity index (χ4v) is 5.32. The summed E-state index contributed by atoms with van der Waals surface area (Å²) in [7, 11) is -3.72. The molecule has 138 valence electrons. The standard InChI is InChI=1S/C21H25NO3S/c1-6-25-17-8-10-18(11-9-17)26(23,24)22-20-12-7-15(2)13-19(20)16(3)14-21(22,4)5/h7-14H,6H2,1-5H3. The minimum Gasteiger partial charge on any atom is -0.494 e. The van der Waals surface area contributed by atoms with E-state index >= 15 is 0 Å². The second-order valence-corrected chi connectivity index (χ2v) is 8.96. The smallest absolute Gasteiger partial charge is 0.265 e. The van der Waals surface area contributed by atoms with Gasteiger partial charge >= 0.3 is 0 Å². The maximum Gasteiger partial charge on any atom is 0.265 e. The Morgan fingerprint density at radius 1 is 1.04 bits per heavy atom. The first-order valence-corrected chi connectivity index (χ1v) is 10.2. The predicted molar refractivity (Wildman–Crippen MR) is 106 cm³/mol. The fraction of sp³-hybridized carbons (Fsp3) is 0.333. The van der Waals surface area contributed by atoms with Crippen molar-refractivity contribution in [3.05, 3.63) is 59.7 Å². The van der Waals surface area contributed by atoms with Gasteiger partial charge in [-0.15, -0.1) is 0 Å². The van der Waals surface area contributed by atoms with Gasteiger partial charge in [0.25, 0.3) is 10.0 Å². The van der Waals surface area contributed by atoms with E-state index in [2.05, 4.69) is 0 Å². The summed E-state index contributed by atoms with van der Waals surface area (Å²) in [5, 5.41) is 0. The number of ether oxygens (including phenoxy) is 1. The Bertz CT molecular complexity index is 957. The third-order valence-corrected chi connectivity index (χ3v) is 6.58. The summed E-state index contributed by atoms with van der Waals surface area (Å²) < 4.78 is 33.9. The van der Waals surface area contributed by atoms with Crippen molar-refractivity contribution in [2.75, 3.05) is 10.9 Å². The average Bonchev–Trinajstić information content (AvgIpc) is 2.55. The highest BCUT2D eigenvalue weighted by molar-refractivity contribution is 7.93. The molecular weight excluding hydrogens is 346 g/mol. The number of nitrogens with zero attached hydrogens (tertiary/aromatic N) is 1. The number of hydrogen-bond acceptors (Lipinski definition) is 3. The fourth-order valence-electron chi connectivity index (χ4n) is 3.54. The highest BCUT2D eigenvalue weighted by atomic mass is 32.2. The van der Waals surface area contributed by atoms with Crippen molar-refractivity contribution in [3.8, 4) is 5.75 Å². The van der Waals surface area contributed by atoms with Gasteiger partial charge < -0.3 is 4.74 Å². The molecule has 0 bridgehead atoms. The van der Waals surface area contributed by atoms with Crippen molar-refractivity contribution in [2.24, 2.45) is 0 Å². The molecule has 1 aliphatic heterocycles. The number of anilines is 1. The molecule has 0 spiro atoms. The second kappa shape index (κ2) is 6.47. The van der Waals surface area contributed by atoms with Gasteiger partial charge in [-0.1, -0.05) is 17.7 Å². The summed E-state index contributed by atoms with van der Waals surface area (Å²) in [4.78, 5) is 0.258. The number of aryl methyl sites for hydroxylation is 1. The lowest BCUT2D eigenvalue weighted by atomic mass is 9.90. The topological polar surface area (TPSA) is 46.6 Å². The maximum atomic E-state index is 13.5. The lowest BCUT2D eigenvalue weighted by Crippen LogP contribution is -2.48. The van der Waals surface area contributed by atoms with Gasteiger partial charge in [0.1, 0.15) is 5.75 Å². The number of allylic oxidation sites excluding steroid dienone is 1. The van der Waals surface area contributed by atoms with Crippen molar-refractivity contribution in [1.82, 2.24) is 0 Å². The van der Waals surface area contributed by atoms with Crippen molar-refractivity contribution in [1.29, 1.82) is 0 Å². The summed E-state index contributed by atoms with van der Waals surface area (Å²) in [6, 6.07) is 12.5. The summed E-state index contributed by atoms with van der Waals surface area (Å²) in [6.45, 7) is 10.3.